The van der Waals surface area contributed by atoms with Crippen molar-refractivity contribution in [2.45, 2.75) is 26.3 Å². The van der Waals surface area contributed by atoms with Crippen LogP contribution in [0.3, 0.4) is 0 Å². The molecular formula is C19H25NO3. The van der Waals surface area contributed by atoms with E-state index in [1.807, 2.05) is 30.3 Å². The molecule has 0 unspecified atom stereocenters. The zero-order valence-corrected chi connectivity index (χ0v) is 13.9. The van der Waals surface area contributed by atoms with Gasteiger partial charge in [0.1, 0.15) is 19.0 Å². The van der Waals surface area contributed by atoms with Crippen LogP contribution in [-0.4, -0.2) is 20.3 Å². The minimum absolute atomic E-state index is 0.453. The smallest absolute Gasteiger partial charge is 0.161 e. The van der Waals surface area contributed by atoms with E-state index in [2.05, 4.69) is 19.1 Å². The van der Waals surface area contributed by atoms with E-state index in [0.29, 0.717) is 31.3 Å². The molecule has 124 valence electrons. The van der Waals surface area contributed by atoms with Gasteiger partial charge < -0.3 is 19.9 Å². The van der Waals surface area contributed by atoms with Gasteiger partial charge in [0.25, 0.3) is 0 Å². The second-order valence-corrected chi connectivity index (χ2v) is 5.28. The molecule has 2 aromatic rings. The molecule has 2 aromatic carbocycles. The lowest BCUT2D eigenvalue weighted by Crippen LogP contribution is -2.10. The van der Waals surface area contributed by atoms with Gasteiger partial charge in [-0.05, 0) is 41.8 Å². The van der Waals surface area contributed by atoms with Crippen molar-refractivity contribution in [1.29, 1.82) is 0 Å². The maximum absolute atomic E-state index is 5.72. The topological polar surface area (TPSA) is 53.7 Å². The van der Waals surface area contributed by atoms with E-state index in [9.17, 15) is 0 Å². The maximum Gasteiger partial charge on any atom is 0.161 e. The normalized spacial score (nSPS) is 10.4. The highest BCUT2D eigenvalue weighted by Gasteiger charge is 2.05. The molecule has 2 N–H and O–H groups in total. The van der Waals surface area contributed by atoms with E-state index in [1.54, 1.807) is 7.11 Å². The first kappa shape index (κ1) is 17.2. The molecule has 0 aliphatic heterocycles. The lowest BCUT2D eigenvalue weighted by Gasteiger charge is -2.12. The SMILES string of the molecule is CCCc1ccc(OCCOc2ccc(CN)cc2OC)cc1. The van der Waals surface area contributed by atoms with Crippen molar-refractivity contribution < 1.29 is 14.2 Å². The van der Waals surface area contributed by atoms with E-state index < -0.39 is 0 Å². The van der Waals surface area contributed by atoms with Gasteiger partial charge in [0.05, 0.1) is 7.11 Å². The van der Waals surface area contributed by atoms with E-state index in [-0.39, 0.29) is 0 Å². The Kier molecular flexibility index (Phi) is 6.76. The summed E-state index contributed by atoms with van der Waals surface area (Å²) < 4.78 is 16.7. The molecule has 0 saturated heterocycles. The largest absolute Gasteiger partial charge is 0.493 e. The van der Waals surface area contributed by atoms with Gasteiger partial charge in [0.15, 0.2) is 11.5 Å². The summed E-state index contributed by atoms with van der Waals surface area (Å²) in [5, 5.41) is 0. The van der Waals surface area contributed by atoms with Gasteiger partial charge in [-0.2, -0.15) is 0 Å². The summed E-state index contributed by atoms with van der Waals surface area (Å²) in [6.45, 7) is 3.59. The van der Waals surface area contributed by atoms with Crippen molar-refractivity contribution in [1.82, 2.24) is 0 Å². The Morgan fingerprint density at radius 1 is 0.870 bits per heavy atom. The van der Waals surface area contributed by atoms with Gasteiger partial charge in [0, 0.05) is 6.54 Å². The molecule has 4 nitrogen and oxygen atoms in total. The summed E-state index contributed by atoms with van der Waals surface area (Å²) in [5.74, 6) is 2.25. The quantitative estimate of drug-likeness (QED) is 0.719. The fraction of sp³-hybridized carbons (Fsp3) is 0.368. The van der Waals surface area contributed by atoms with Crippen LogP contribution in [-0.2, 0) is 13.0 Å². The minimum Gasteiger partial charge on any atom is -0.493 e. The highest BCUT2D eigenvalue weighted by Crippen LogP contribution is 2.27. The zero-order valence-electron chi connectivity index (χ0n) is 13.9. The minimum atomic E-state index is 0.453. The summed E-state index contributed by atoms with van der Waals surface area (Å²) in [6.07, 6.45) is 2.25. The molecule has 4 heteroatoms. The fourth-order valence-corrected chi connectivity index (χ4v) is 2.31. The number of hydrogen-bond acceptors (Lipinski definition) is 4. The van der Waals surface area contributed by atoms with Crippen molar-refractivity contribution in [2.75, 3.05) is 20.3 Å². The third-order valence-electron chi connectivity index (χ3n) is 3.54. The van der Waals surface area contributed by atoms with E-state index in [0.717, 1.165) is 24.2 Å². The number of hydrogen-bond donors (Lipinski definition) is 1. The predicted octanol–water partition coefficient (Wildman–Crippen LogP) is 3.56. The van der Waals surface area contributed by atoms with Crippen LogP contribution in [0.25, 0.3) is 0 Å². The van der Waals surface area contributed by atoms with E-state index in [4.69, 9.17) is 19.9 Å². The van der Waals surface area contributed by atoms with Gasteiger partial charge in [-0.25, -0.2) is 0 Å². The fourth-order valence-electron chi connectivity index (χ4n) is 2.31. The summed E-state index contributed by atoms with van der Waals surface area (Å²) in [6, 6.07) is 13.9. The average molecular weight is 315 g/mol. The second kappa shape index (κ2) is 9.06. The monoisotopic (exact) mass is 315 g/mol. The summed E-state index contributed by atoms with van der Waals surface area (Å²) in [4.78, 5) is 0. The molecule has 0 amide bonds. The van der Waals surface area contributed by atoms with E-state index >= 15 is 0 Å². The molecule has 0 heterocycles. The van der Waals surface area contributed by atoms with Gasteiger partial charge in [-0.15, -0.1) is 0 Å². The van der Waals surface area contributed by atoms with Crippen molar-refractivity contribution in [3.05, 3.63) is 53.6 Å². The van der Waals surface area contributed by atoms with Gasteiger partial charge >= 0.3 is 0 Å². The molecule has 0 aliphatic carbocycles. The van der Waals surface area contributed by atoms with E-state index in [1.165, 1.54) is 5.56 Å². The molecule has 2 rings (SSSR count). The first-order valence-corrected chi connectivity index (χ1v) is 7.98. The average Bonchev–Trinajstić information content (AvgIpc) is 2.60. The molecule has 0 fully saturated rings. The number of methoxy groups -OCH3 is 1. The van der Waals surface area contributed by atoms with Crippen LogP contribution in [0.4, 0.5) is 0 Å². The molecule has 0 saturated carbocycles. The lowest BCUT2D eigenvalue weighted by molar-refractivity contribution is 0.211. The first-order chi connectivity index (χ1) is 11.3. The number of benzene rings is 2. The third kappa shape index (κ3) is 5.18. The standard InChI is InChI=1S/C19H25NO3/c1-3-4-15-5-8-17(9-6-15)22-11-12-23-18-10-7-16(14-20)13-19(18)21-2/h5-10,13H,3-4,11-12,14,20H2,1-2H3. The van der Waals surface area contributed by atoms with Crippen molar-refractivity contribution in [2.24, 2.45) is 5.73 Å². The Bertz CT molecular complexity index is 596. The lowest BCUT2D eigenvalue weighted by atomic mass is 10.1. The van der Waals surface area contributed by atoms with Crippen LogP contribution in [0.15, 0.2) is 42.5 Å². The Hall–Kier alpha value is -2.20. The predicted molar refractivity (Wildman–Crippen MR) is 92.3 cm³/mol. The number of aryl methyl sites for hydroxylation is 1. The van der Waals surface area contributed by atoms with Crippen molar-refractivity contribution >= 4 is 0 Å². The van der Waals surface area contributed by atoms with Gasteiger partial charge in [-0.3, -0.25) is 0 Å². The number of rotatable bonds is 9. The molecule has 0 aliphatic rings. The Balaban J connectivity index is 1.81. The zero-order chi connectivity index (χ0) is 16.5. The highest BCUT2D eigenvalue weighted by molar-refractivity contribution is 5.42. The Morgan fingerprint density at radius 2 is 1.57 bits per heavy atom. The molecule has 23 heavy (non-hydrogen) atoms. The van der Waals surface area contributed by atoms with Crippen molar-refractivity contribution in [3.8, 4) is 17.2 Å². The van der Waals surface area contributed by atoms with Crippen LogP contribution >= 0.6 is 0 Å². The molecular weight excluding hydrogens is 290 g/mol. The second-order valence-electron chi connectivity index (χ2n) is 5.28. The van der Waals surface area contributed by atoms with Crippen LogP contribution in [0.2, 0.25) is 0 Å². The molecule has 0 spiro atoms. The summed E-state index contributed by atoms with van der Waals surface area (Å²) in [7, 11) is 1.62. The molecule has 0 bridgehead atoms. The summed E-state index contributed by atoms with van der Waals surface area (Å²) >= 11 is 0. The van der Waals surface area contributed by atoms with Crippen LogP contribution in [0.1, 0.15) is 24.5 Å². The number of ether oxygens (including phenoxy) is 3. The maximum atomic E-state index is 5.72. The highest BCUT2D eigenvalue weighted by atomic mass is 16.5. The first-order valence-electron chi connectivity index (χ1n) is 7.98. The van der Waals surface area contributed by atoms with Crippen molar-refractivity contribution in [3.63, 3.8) is 0 Å². The van der Waals surface area contributed by atoms with Gasteiger partial charge in [0.2, 0.25) is 0 Å². The molecule has 0 aromatic heterocycles. The number of nitrogens with two attached hydrogens (primary N) is 1. The summed E-state index contributed by atoms with van der Waals surface area (Å²) in [5.41, 5.74) is 7.97. The molecule has 0 radical (unpaired) electrons. The molecule has 0 atom stereocenters. The van der Waals surface area contributed by atoms with Crippen LogP contribution in [0.5, 0.6) is 17.2 Å². The third-order valence-corrected chi connectivity index (χ3v) is 3.54. The Morgan fingerprint density at radius 3 is 2.22 bits per heavy atom. The van der Waals surface area contributed by atoms with Gasteiger partial charge in [-0.1, -0.05) is 31.5 Å². The van der Waals surface area contributed by atoms with Crippen LogP contribution < -0.4 is 19.9 Å². The Labute approximate surface area is 138 Å². The van der Waals surface area contributed by atoms with Crippen LogP contribution in [0, 0.1) is 0 Å².